The predicted octanol–water partition coefficient (Wildman–Crippen LogP) is 2.78. The number of halogens is 1. The lowest BCUT2D eigenvalue weighted by atomic mass is 10.1. The number of carbonyl (C=O) groups is 1. The van der Waals surface area contributed by atoms with Crippen molar-refractivity contribution in [2.24, 2.45) is 0 Å². The lowest BCUT2D eigenvalue weighted by Gasteiger charge is -2.37. The van der Waals surface area contributed by atoms with Crippen LogP contribution >= 0.6 is 0 Å². The Bertz CT molecular complexity index is 810. The van der Waals surface area contributed by atoms with Gasteiger partial charge in [-0.2, -0.15) is 0 Å². The largest absolute Gasteiger partial charge is 0.396 e. The van der Waals surface area contributed by atoms with Crippen molar-refractivity contribution in [1.29, 1.82) is 0 Å². The minimum atomic E-state index is -0.302. The number of urea groups is 1. The van der Waals surface area contributed by atoms with Crippen LogP contribution in [-0.2, 0) is 0 Å². The molecule has 1 aromatic heterocycles. The van der Waals surface area contributed by atoms with Crippen LogP contribution in [0.4, 0.5) is 20.7 Å². The molecule has 0 saturated carbocycles. The first-order valence-corrected chi connectivity index (χ1v) is 8.92. The summed E-state index contributed by atoms with van der Waals surface area (Å²) in [5.41, 5.74) is 7.80. The Morgan fingerprint density at radius 2 is 1.96 bits per heavy atom. The standard InChI is InChI=1S/C19H22FN5O/c20-14-5-3-13(4-6-14)17-8-7-16(21)18(22-17)23-19(26)25-11-10-24-9-1-2-15(24)12-25/h3-8,15H,1-2,9-12,21H2,(H,22,23,26). The number of nitrogens with two attached hydrogens (primary N) is 1. The average Bonchev–Trinajstić information content (AvgIpc) is 3.12. The van der Waals surface area contributed by atoms with Gasteiger partial charge >= 0.3 is 6.03 Å². The number of aromatic nitrogens is 1. The average molecular weight is 355 g/mol. The highest BCUT2D eigenvalue weighted by atomic mass is 19.1. The van der Waals surface area contributed by atoms with Crippen LogP contribution in [0.3, 0.4) is 0 Å². The SMILES string of the molecule is Nc1ccc(-c2ccc(F)cc2)nc1NC(=O)N1CCN2CCCC2C1. The molecule has 4 rings (SSSR count). The van der Waals surface area contributed by atoms with Crippen LogP contribution in [0.5, 0.6) is 0 Å². The van der Waals surface area contributed by atoms with Crippen LogP contribution in [0.25, 0.3) is 11.3 Å². The molecule has 0 spiro atoms. The lowest BCUT2D eigenvalue weighted by Crippen LogP contribution is -2.53. The van der Waals surface area contributed by atoms with E-state index in [1.807, 2.05) is 4.90 Å². The maximum Gasteiger partial charge on any atom is 0.323 e. The molecule has 3 heterocycles. The Morgan fingerprint density at radius 3 is 2.77 bits per heavy atom. The molecule has 2 aromatic rings. The van der Waals surface area contributed by atoms with Crippen molar-refractivity contribution in [2.75, 3.05) is 37.2 Å². The quantitative estimate of drug-likeness (QED) is 0.869. The number of hydrogen-bond acceptors (Lipinski definition) is 4. The van der Waals surface area contributed by atoms with E-state index in [-0.39, 0.29) is 11.8 Å². The van der Waals surface area contributed by atoms with Crippen molar-refractivity contribution in [3.8, 4) is 11.3 Å². The summed E-state index contributed by atoms with van der Waals surface area (Å²) in [5.74, 6) is 0.0365. The van der Waals surface area contributed by atoms with Gasteiger partial charge in [-0.15, -0.1) is 0 Å². The van der Waals surface area contributed by atoms with E-state index in [0.717, 1.165) is 31.6 Å². The summed E-state index contributed by atoms with van der Waals surface area (Å²) in [6.07, 6.45) is 2.35. The summed E-state index contributed by atoms with van der Waals surface area (Å²) in [7, 11) is 0. The molecule has 2 saturated heterocycles. The molecule has 1 atom stereocenters. The molecule has 7 heteroatoms. The molecule has 2 amide bonds. The van der Waals surface area contributed by atoms with Gasteiger partial charge in [0.25, 0.3) is 0 Å². The Hall–Kier alpha value is -2.67. The molecule has 0 aliphatic carbocycles. The first-order chi connectivity index (χ1) is 12.6. The maximum absolute atomic E-state index is 13.1. The van der Waals surface area contributed by atoms with Gasteiger partial charge in [0, 0.05) is 31.2 Å². The molecule has 6 nitrogen and oxygen atoms in total. The van der Waals surface area contributed by atoms with Gasteiger partial charge < -0.3 is 10.6 Å². The normalized spacial score (nSPS) is 20.0. The number of pyridine rings is 1. The monoisotopic (exact) mass is 355 g/mol. The van der Waals surface area contributed by atoms with Gasteiger partial charge in [0.2, 0.25) is 0 Å². The van der Waals surface area contributed by atoms with Gasteiger partial charge in [-0.05, 0) is 55.8 Å². The number of rotatable bonds is 2. The number of carbonyl (C=O) groups excluding carboxylic acids is 1. The van der Waals surface area contributed by atoms with E-state index in [0.29, 0.717) is 29.8 Å². The van der Waals surface area contributed by atoms with E-state index in [2.05, 4.69) is 15.2 Å². The number of nitrogens with one attached hydrogen (secondary N) is 1. The van der Waals surface area contributed by atoms with Gasteiger partial charge in [-0.25, -0.2) is 14.2 Å². The van der Waals surface area contributed by atoms with Crippen molar-refractivity contribution in [1.82, 2.24) is 14.8 Å². The minimum Gasteiger partial charge on any atom is -0.396 e. The van der Waals surface area contributed by atoms with E-state index >= 15 is 0 Å². The van der Waals surface area contributed by atoms with E-state index in [1.54, 1.807) is 24.3 Å². The predicted molar refractivity (Wildman–Crippen MR) is 99.2 cm³/mol. The van der Waals surface area contributed by atoms with Crippen LogP contribution in [-0.4, -0.2) is 53.0 Å². The molecule has 3 N–H and O–H groups in total. The zero-order valence-corrected chi connectivity index (χ0v) is 14.5. The highest BCUT2D eigenvalue weighted by molar-refractivity contribution is 5.91. The van der Waals surface area contributed by atoms with Crippen molar-refractivity contribution >= 4 is 17.5 Å². The third-order valence-electron chi connectivity index (χ3n) is 5.17. The molecule has 2 aliphatic heterocycles. The first kappa shape index (κ1) is 16.8. The number of anilines is 2. The van der Waals surface area contributed by atoms with Crippen molar-refractivity contribution in [3.63, 3.8) is 0 Å². The third kappa shape index (κ3) is 3.35. The second-order valence-electron chi connectivity index (χ2n) is 6.85. The van der Waals surface area contributed by atoms with Gasteiger partial charge in [-0.3, -0.25) is 10.2 Å². The van der Waals surface area contributed by atoms with Crippen LogP contribution in [0.1, 0.15) is 12.8 Å². The molecular formula is C19H22FN5O. The molecule has 136 valence electrons. The van der Waals surface area contributed by atoms with Crippen LogP contribution in [0.2, 0.25) is 0 Å². The van der Waals surface area contributed by atoms with E-state index in [9.17, 15) is 9.18 Å². The number of nitrogens with zero attached hydrogens (tertiary/aromatic N) is 3. The Kier molecular flexibility index (Phi) is 4.46. The fraction of sp³-hybridized carbons (Fsp3) is 0.368. The van der Waals surface area contributed by atoms with Crippen molar-refractivity contribution in [2.45, 2.75) is 18.9 Å². The Balaban J connectivity index is 1.49. The molecule has 1 unspecified atom stereocenters. The molecular weight excluding hydrogens is 333 g/mol. The van der Waals surface area contributed by atoms with Gasteiger partial charge in [0.15, 0.2) is 5.82 Å². The number of amides is 2. The minimum absolute atomic E-state index is 0.174. The summed E-state index contributed by atoms with van der Waals surface area (Å²) in [4.78, 5) is 21.4. The number of hydrogen-bond donors (Lipinski definition) is 2. The highest BCUT2D eigenvalue weighted by Gasteiger charge is 2.32. The number of fused-ring (bicyclic) bond motifs is 1. The first-order valence-electron chi connectivity index (χ1n) is 8.92. The molecule has 0 radical (unpaired) electrons. The van der Waals surface area contributed by atoms with E-state index in [4.69, 9.17) is 5.73 Å². The molecule has 2 aliphatic rings. The molecule has 2 fully saturated rings. The molecule has 1 aromatic carbocycles. The summed E-state index contributed by atoms with van der Waals surface area (Å²) < 4.78 is 13.1. The lowest BCUT2D eigenvalue weighted by molar-refractivity contribution is 0.124. The van der Waals surface area contributed by atoms with Crippen molar-refractivity contribution < 1.29 is 9.18 Å². The topological polar surface area (TPSA) is 74.5 Å². The smallest absolute Gasteiger partial charge is 0.323 e. The van der Waals surface area contributed by atoms with Crippen molar-refractivity contribution in [3.05, 3.63) is 42.2 Å². The maximum atomic E-state index is 13.1. The zero-order valence-electron chi connectivity index (χ0n) is 14.5. The highest BCUT2D eigenvalue weighted by Crippen LogP contribution is 2.25. The van der Waals surface area contributed by atoms with E-state index < -0.39 is 0 Å². The number of piperazine rings is 1. The van der Waals surface area contributed by atoms with Gasteiger partial charge in [0.05, 0.1) is 11.4 Å². The molecule has 26 heavy (non-hydrogen) atoms. The van der Waals surface area contributed by atoms with Crippen LogP contribution in [0.15, 0.2) is 36.4 Å². The second kappa shape index (κ2) is 6.92. The molecule has 0 bridgehead atoms. The zero-order chi connectivity index (χ0) is 18.1. The summed E-state index contributed by atoms with van der Waals surface area (Å²) in [6.45, 7) is 3.49. The number of benzene rings is 1. The fourth-order valence-electron chi connectivity index (χ4n) is 3.71. The summed E-state index contributed by atoms with van der Waals surface area (Å²) >= 11 is 0. The number of nitrogen functional groups attached to an aromatic ring is 1. The van der Waals surface area contributed by atoms with Gasteiger partial charge in [-0.1, -0.05) is 0 Å². The Labute approximate surface area is 151 Å². The fourth-order valence-corrected chi connectivity index (χ4v) is 3.71. The Morgan fingerprint density at radius 1 is 1.15 bits per heavy atom. The van der Waals surface area contributed by atoms with Crippen LogP contribution < -0.4 is 11.1 Å². The summed E-state index contributed by atoms with van der Waals surface area (Å²) in [6, 6.07) is 9.82. The van der Waals surface area contributed by atoms with Gasteiger partial charge in [0.1, 0.15) is 5.82 Å². The summed E-state index contributed by atoms with van der Waals surface area (Å²) in [5, 5.41) is 2.84. The van der Waals surface area contributed by atoms with Crippen LogP contribution in [0, 0.1) is 5.82 Å². The third-order valence-corrected chi connectivity index (χ3v) is 5.17. The second-order valence-corrected chi connectivity index (χ2v) is 6.85. The van der Waals surface area contributed by atoms with E-state index in [1.165, 1.54) is 18.6 Å².